The molecule has 0 bridgehead atoms. The SMILES string of the molecule is C#CCC(OCn1cc[n+](C)c1/C=N/O)c1ccccc1.[Cl-]. The van der Waals surface area contributed by atoms with E-state index in [0.717, 1.165) is 11.4 Å². The fourth-order valence-electron chi connectivity index (χ4n) is 2.08. The molecule has 0 radical (unpaired) electrons. The van der Waals surface area contributed by atoms with E-state index >= 15 is 0 Å². The third-order valence-electron chi connectivity index (χ3n) is 3.19. The standard InChI is InChI=1S/C16H17N3O2.ClH/c1-3-7-15(14-8-5-4-6-9-14)21-13-19-11-10-18(2)16(19)12-17-20;/h1,4-6,8-12,15H,7,13H2,2H3;1H. The van der Waals surface area contributed by atoms with Crippen molar-refractivity contribution >= 4 is 6.21 Å². The first kappa shape index (κ1) is 17.8. The fraction of sp³-hybridized carbons (Fsp3) is 0.250. The highest BCUT2D eigenvalue weighted by Gasteiger charge is 2.16. The molecule has 0 spiro atoms. The van der Waals surface area contributed by atoms with Crippen molar-refractivity contribution < 1.29 is 26.9 Å². The van der Waals surface area contributed by atoms with E-state index in [1.807, 2.05) is 58.9 Å². The van der Waals surface area contributed by atoms with Crippen molar-refractivity contribution in [2.75, 3.05) is 0 Å². The Labute approximate surface area is 136 Å². The van der Waals surface area contributed by atoms with Crippen LogP contribution in [0.15, 0.2) is 47.9 Å². The van der Waals surface area contributed by atoms with Crippen LogP contribution in [0, 0.1) is 12.3 Å². The van der Waals surface area contributed by atoms with Gasteiger partial charge in [-0.15, -0.1) is 12.3 Å². The van der Waals surface area contributed by atoms with Crippen molar-refractivity contribution in [1.29, 1.82) is 0 Å². The number of aryl methyl sites for hydroxylation is 1. The van der Waals surface area contributed by atoms with Gasteiger partial charge in [-0.1, -0.05) is 35.5 Å². The van der Waals surface area contributed by atoms with E-state index in [0.29, 0.717) is 13.2 Å². The minimum absolute atomic E-state index is 0. The second-order valence-electron chi connectivity index (χ2n) is 4.58. The summed E-state index contributed by atoms with van der Waals surface area (Å²) in [5.74, 6) is 3.37. The maximum absolute atomic E-state index is 8.70. The lowest BCUT2D eigenvalue weighted by Gasteiger charge is -2.14. The van der Waals surface area contributed by atoms with Crippen LogP contribution in [0.5, 0.6) is 0 Å². The van der Waals surface area contributed by atoms with Gasteiger partial charge in [0.15, 0.2) is 12.9 Å². The van der Waals surface area contributed by atoms with Gasteiger partial charge in [0.25, 0.3) is 0 Å². The first-order valence-corrected chi connectivity index (χ1v) is 6.58. The number of imidazole rings is 1. The molecule has 1 aromatic heterocycles. The molecule has 0 aliphatic heterocycles. The van der Waals surface area contributed by atoms with E-state index in [2.05, 4.69) is 11.1 Å². The average molecular weight is 320 g/mol. The van der Waals surface area contributed by atoms with Gasteiger partial charge >= 0.3 is 5.82 Å². The topological polar surface area (TPSA) is 50.6 Å². The van der Waals surface area contributed by atoms with Gasteiger partial charge in [0.2, 0.25) is 0 Å². The summed E-state index contributed by atoms with van der Waals surface area (Å²) in [6.45, 7) is 0.323. The number of oxime groups is 1. The van der Waals surface area contributed by atoms with Gasteiger partial charge in [0, 0.05) is 6.42 Å². The molecule has 0 saturated heterocycles. The Morgan fingerprint density at radius 3 is 2.82 bits per heavy atom. The molecule has 1 aromatic carbocycles. The number of ether oxygens (including phenoxy) is 1. The van der Waals surface area contributed by atoms with Gasteiger partial charge in [-0.3, -0.25) is 0 Å². The van der Waals surface area contributed by atoms with Crippen molar-refractivity contribution in [1.82, 2.24) is 4.57 Å². The summed E-state index contributed by atoms with van der Waals surface area (Å²) in [6.07, 6.45) is 10.8. The van der Waals surface area contributed by atoms with E-state index in [9.17, 15) is 0 Å². The highest BCUT2D eigenvalue weighted by molar-refractivity contribution is 5.72. The first-order valence-electron chi connectivity index (χ1n) is 6.58. The zero-order valence-corrected chi connectivity index (χ0v) is 13.0. The molecule has 1 unspecified atom stereocenters. The van der Waals surface area contributed by atoms with Crippen LogP contribution in [0.25, 0.3) is 0 Å². The maximum Gasteiger partial charge on any atom is 0.305 e. The molecule has 2 rings (SSSR count). The number of benzene rings is 1. The Hall–Kier alpha value is -2.29. The third kappa shape index (κ3) is 4.35. The molecule has 1 atom stereocenters. The van der Waals surface area contributed by atoms with E-state index in [-0.39, 0.29) is 18.5 Å². The second kappa shape index (κ2) is 8.88. The number of halogens is 1. The van der Waals surface area contributed by atoms with E-state index in [1.165, 1.54) is 6.21 Å². The summed E-state index contributed by atoms with van der Waals surface area (Å²) in [4.78, 5) is 0. The van der Waals surface area contributed by atoms with Crippen LogP contribution in [0.1, 0.15) is 23.9 Å². The van der Waals surface area contributed by atoms with E-state index in [1.54, 1.807) is 0 Å². The normalized spacial score (nSPS) is 11.8. The Morgan fingerprint density at radius 2 is 2.18 bits per heavy atom. The van der Waals surface area contributed by atoms with Gasteiger partial charge < -0.3 is 22.4 Å². The molecule has 0 fully saturated rings. The number of terminal acetylenes is 1. The number of nitrogens with zero attached hydrogens (tertiary/aromatic N) is 3. The number of hydrogen-bond acceptors (Lipinski definition) is 3. The summed E-state index contributed by atoms with van der Waals surface area (Å²) in [5, 5.41) is 11.8. The van der Waals surface area contributed by atoms with Crippen molar-refractivity contribution in [3.05, 3.63) is 54.1 Å². The molecule has 0 amide bonds. The monoisotopic (exact) mass is 319 g/mol. The molecule has 116 valence electrons. The second-order valence-corrected chi connectivity index (χ2v) is 4.58. The molecular formula is C16H18ClN3O2. The van der Waals surface area contributed by atoms with Crippen molar-refractivity contribution in [3.8, 4) is 12.3 Å². The molecular weight excluding hydrogens is 302 g/mol. The molecule has 22 heavy (non-hydrogen) atoms. The lowest BCUT2D eigenvalue weighted by Crippen LogP contribution is -3.00. The van der Waals surface area contributed by atoms with Crippen LogP contribution in [0.3, 0.4) is 0 Å². The fourth-order valence-corrected chi connectivity index (χ4v) is 2.08. The zero-order chi connectivity index (χ0) is 15.1. The molecule has 1 N–H and O–H groups in total. The Kier molecular flexibility index (Phi) is 7.17. The van der Waals surface area contributed by atoms with Gasteiger partial charge in [-0.2, -0.15) is 0 Å². The first-order chi connectivity index (χ1) is 10.3. The summed E-state index contributed by atoms with van der Waals surface area (Å²) < 4.78 is 9.59. The lowest BCUT2D eigenvalue weighted by molar-refractivity contribution is -0.672. The summed E-state index contributed by atoms with van der Waals surface area (Å²) in [7, 11) is 1.86. The minimum atomic E-state index is -0.164. The van der Waals surface area contributed by atoms with Crippen LogP contribution >= 0.6 is 0 Å². The van der Waals surface area contributed by atoms with Crippen LogP contribution < -0.4 is 17.0 Å². The molecule has 2 aromatic rings. The predicted octanol–water partition coefficient (Wildman–Crippen LogP) is -1.14. The maximum atomic E-state index is 8.70. The Bertz CT molecular complexity index is 647. The lowest BCUT2D eigenvalue weighted by atomic mass is 10.1. The molecule has 0 aliphatic rings. The third-order valence-corrected chi connectivity index (χ3v) is 3.19. The van der Waals surface area contributed by atoms with Gasteiger partial charge in [-0.05, 0) is 5.56 Å². The highest BCUT2D eigenvalue weighted by Crippen LogP contribution is 2.21. The molecule has 0 aliphatic carbocycles. The van der Waals surface area contributed by atoms with Crippen molar-refractivity contribution in [2.24, 2.45) is 12.2 Å². The van der Waals surface area contributed by atoms with E-state index in [4.69, 9.17) is 16.4 Å². The van der Waals surface area contributed by atoms with Crippen LogP contribution in [0.4, 0.5) is 0 Å². The number of rotatable bonds is 6. The quantitative estimate of drug-likeness (QED) is 0.241. The largest absolute Gasteiger partial charge is 1.00 e. The summed E-state index contributed by atoms with van der Waals surface area (Å²) >= 11 is 0. The molecule has 6 heteroatoms. The molecule has 5 nitrogen and oxygen atoms in total. The number of hydrogen-bond donors (Lipinski definition) is 1. The van der Waals surface area contributed by atoms with Crippen LogP contribution in [-0.2, 0) is 18.5 Å². The van der Waals surface area contributed by atoms with E-state index < -0.39 is 0 Å². The zero-order valence-electron chi connectivity index (χ0n) is 12.3. The smallest absolute Gasteiger partial charge is 0.305 e. The van der Waals surface area contributed by atoms with Crippen LogP contribution in [0.2, 0.25) is 0 Å². The van der Waals surface area contributed by atoms with Crippen LogP contribution in [-0.4, -0.2) is 16.0 Å². The van der Waals surface area contributed by atoms with Gasteiger partial charge in [-0.25, -0.2) is 9.13 Å². The molecule has 0 saturated carbocycles. The summed E-state index contributed by atoms with van der Waals surface area (Å²) in [5.41, 5.74) is 1.05. The Morgan fingerprint density at radius 1 is 1.45 bits per heavy atom. The van der Waals surface area contributed by atoms with Gasteiger partial charge in [0.1, 0.15) is 12.4 Å². The average Bonchev–Trinajstić information content (AvgIpc) is 2.86. The highest BCUT2D eigenvalue weighted by atomic mass is 35.5. The molecule has 1 heterocycles. The Balaban J connectivity index is 0.00000242. The van der Waals surface area contributed by atoms with Gasteiger partial charge in [0.05, 0.1) is 13.2 Å². The summed E-state index contributed by atoms with van der Waals surface area (Å²) in [6, 6.07) is 9.86. The number of aromatic nitrogens is 2. The van der Waals surface area contributed by atoms with Crippen molar-refractivity contribution in [2.45, 2.75) is 19.3 Å². The predicted molar refractivity (Wildman–Crippen MR) is 78.7 cm³/mol. The van der Waals surface area contributed by atoms with Crippen molar-refractivity contribution in [3.63, 3.8) is 0 Å². The minimum Gasteiger partial charge on any atom is -1.00 e.